The first-order valence-corrected chi connectivity index (χ1v) is 16.9. The van der Waals surface area contributed by atoms with Crippen LogP contribution in [0.5, 0.6) is 0 Å². The van der Waals surface area contributed by atoms with Gasteiger partial charge in [-0.25, -0.2) is 14.6 Å². The van der Waals surface area contributed by atoms with Gasteiger partial charge < -0.3 is 30.0 Å². The molecule has 0 aliphatic rings. The van der Waals surface area contributed by atoms with Crippen LogP contribution in [0, 0.1) is 19.8 Å². The van der Waals surface area contributed by atoms with Crippen molar-refractivity contribution in [2.75, 3.05) is 31.5 Å². The average Bonchev–Trinajstić information content (AvgIpc) is 3.45. The molecule has 0 atom stereocenters. The van der Waals surface area contributed by atoms with Gasteiger partial charge >= 0.3 is 12.2 Å². The van der Waals surface area contributed by atoms with E-state index in [1.165, 1.54) is 4.90 Å². The number of fused-ring (bicyclic) bond motifs is 1. The number of hydrogen-bond acceptors (Lipinski definition) is 8. The zero-order valence-corrected chi connectivity index (χ0v) is 31.3. The summed E-state index contributed by atoms with van der Waals surface area (Å²) < 4.78 is 11.0. The fraction of sp³-hybridized carbons (Fsp3) is 0.474. The fourth-order valence-corrected chi connectivity index (χ4v) is 4.89. The molecule has 3 rings (SSSR count). The number of nitrogens with zero attached hydrogens (tertiary/aromatic N) is 3. The van der Waals surface area contributed by atoms with Crippen molar-refractivity contribution in [2.45, 2.75) is 92.9 Å². The molecule has 0 spiro atoms. The Hall–Kier alpha value is -5.38. The molecular weight excluding hydrogens is 652 g/mol. The van der Waals surface area contributed by atoms with Gasteiger partial charge in [0, 0.05) is 29.9 Å². The standard InChI is InChI=1S/C36H50N6O7.C2H2/c1-10-17-41(33(46)48-35(4,5)6)21-30-38-27-16-15-24(19-28(27)39-30)29(43)20-37-32(45)25-13-12-14-26(23(25)3)40-31(44)22-42(18-11-2)34(47)49-36(7,8)9;1-2/h12-16,19H,10-11,17-18,20-22H2,1-9H3,(H,37,45)(H,38,39)(H,40,44);1-2H. The molecule has 3 aromatic rings. The third kappa shape index (κ3) is 13.1. The maximum absolute atomic E-state index is 13.1. The summed E-state index contributed by atoms with van der Waals surface area (Å²) in [5.74, 6) is -0.674. The van der Waals surface area contributed by atoms with E-state index in [0.29, 0.717) is 58.7 Å². The third-order valence-corrected chi connectivity index (χ3v) is 7.08. The Morgan fingerprint density at radius 1 is 0.863 bits per heavy atom. The van der Waals surface area contributed by atoms with Crippen LogP contribution < -0.4 is 10.6 Å². The molecule has 4 amide bonds. The summed E-state index contributed by atoms with van der Waals surface area (Å²) in [5, 5.41) is 5.46. The first-order valence-electron chi connectivity index (χ1n) is 16.9. The van der Waals surface area contributed by atoms with E-state index in [1.807, 2.05) is 34.6 Å². The normalized spacial score (nSPS) is 11.1. The summed E-state index contributed by atoms with van der Waals surface area (Å²) in [5.41, 5.74) is 1.52. The van der Waals surface area contributed by atoms with Crippen molar-refractivity contribution in [1.82, 2.24) is 25.1 Å². The number of rotatable bonds is 13. The molecule has 276 valence electrons. The van der Waals surface area contributed by atoms with E-state index in [4.69, 9.17) is 9.47 Å². The molecule has 0 aliphatic carbocycles. The summed E-state index contributed by atoms with van der Waals surface area (Å²) in [6.45, 7) is 16.9. The predicted octanol–water partition coefficient (Wildman–Crippen LogP) is 6.47. The summed E-state index contributed by atoms with van der Waals surface area (Å²) in [6.07, 6.45) is 8.38. The predicted molar refractivity (Wildman–Crippen MR) is 197 cm³/mol. The quantitative estimate of drug-likeness (QED) is 0.135. The molecule has 0 bridgehead atoms. The zero-order valence-electron chi connectivity index (χ0n) is 31.3. The Bertz CT molecular complexity index is 1710. The van der Waals surface area contributed by atoms with E-state index in [0.717, 1.165) is 6.42 Å². The van der Waals surface area contributed by atoms with Crippen molar-refractivity contribution in [2.24, 2.45) is 0 Å². The first kappa shape index (κ1) is 41.8. The number of terminal acetylenes is 1. The highest BCUT2D eigenvalue weighted by molar-refractivity contribution is 6.05. The van der Waals surface area contributed by atoms with E-state index >= 15 is 0 Å². The van der Waals surface area contributed by atoms with Crippen LogP contribution in [-0.4, -0.2) is 86.9 Å². The molecule has 2 aromatic carbocycles. The minimum atomic E-state index is -0.699. The lowest BCUT2D eigenvalue weighted by Gasteiger charge is -2.27. The van der Waals surface area contributed by atoms with Gasteiger partial charge in [-0.3, -0.25) is 19.3 Å². The van der Waals surface area contributed by atoms with Gasteiger partial charge in [0.15, 0.2) is 5.78 Å². The van der Waals surface area contributed by atoms with Gasteiger partial charge in [0.05, 0.1) is 24.1 Å². The molecule has 0 radical (unpaired) electrons. The fourth-order valence-electron chi connectivity index (χ4n) is 4.89. The Labute approximate surface area is 300 Å². The topological polar surface area (TPSA) is 163 Å². The van der Waals surface area contributed by atoms with Crippen molar-refractivity contribution in [3.63, 3.8) is 0 Å². The molecular formula is C38H52N6O7. The number of H-pyrrole nitrogens is 1. The summed E-state index contributed by atoms with van der Waals surface area (Å²) in [4.78, 5) is 75.1. The van der Waals surface area contributed by atoms with E-state index in [9.17, 15) is 24.0 Å². The van der Waals surface area contributed by atoms with Gasteiger partial charge in [-0.1, -0.05) is 19.9 Å². The number of hydrogen-bond donors (Lipinski definition) is 3. The summed E-state index contributed by atoms with van der Waals surface area (Å²) in [7, 11) is 0. The van der Waals surface area contributed by atoms with Crippen LogP contribution in [0.1, 0.15) is 100 Å². The molecule has 0 aliphatic heterocycles. The number of aromatic nitrogens is 2. The molecule has 1 heterocycles. The van der Waals surface area contributed by atoms with Crippen LogP contribution in [0.3, 0.4) is 0 Å². The molecule has 1 aromatic heterocycles. The van der Waals surface area contributed by atoms with E-state index in [1.54, 1.807) is 69.0 Å². The molecule has 0 fully saturated rings. The number of amides is 4. The first-order chi connectivity index (χ1) is 23.9. The van der Waals surface area contributed by atoms with Crippen LogP contribution in [-0.2, 0) is 20.8 Å². The number of nitrogens with one attached hydrogen (secondary N) is 3. The van der Waals surface area contributed by atoms with Crippen LogP contribution >= 0.6 is 0 Å². The number of carbonyl (C=O) groups excluding carboxylic acids is 5. The van der Waals surface area contributed by atoms with Gasteiger partial charge in [-0.05, 0) is 97.2 Å². The molecule has 13 heteroatoms. The van der Waals surface area contributed by atoms with Gasteiger partial charge in [-0.2, -0.15) is 0 Å². The second kappa shape index (κ2) is 18.6. The Morgan fingerprint density at radius 3 is 2.04 bits per heavy atom. The van der Waals surface area contributed by atoms with Crippen LogP contribution in [0.15, 0.2) is 36.4 Å². The molecule has 13 nitrogen and oxygen atoms in total. The van der Waals surface area contributed by atoms with E-state index < -0.39 is 35.2 Å². The molecule has 0 saturated carbocycles. The lowest BCUT2D eigenvalue weighted by Crippen LogP contribution is -2.41. The molecule has 3 N–H and O–H groups in total. The van der Waals surface area contributed by atoms with E-state index in [-0.39, 0.29) is 25.4 Å². The zero-order chi connectivity index (χ0) is 38.5. The Morgan fingerprint density at radius 2 is 1.45 bits per heavy atom. The number of imidazole rings is 1. The average molecular weight is 705 g/mol. The second-order valence-corrected chi connectivity index (χ2v) is 13.9. The van der Waals surface area contributed by atoms with Crippen molar-refractivity contribution in [1.29, 1.82) is 0 Å². The minimum absolute atomic E-state index is 0.212. The van der Waals surface area contributed by atoms with Crippen molar-refractivity contribution >= 4 is 46.5 Å². The summed E-state index contributed by atoms with van der Waals surface area (Å²) in [6, 6.07) is 9.91. The maximum Gasteiger partial charge on any atom is 0.410 e. The highest BCUT2D eigenvalue weighted by Crippen LogP contribution is 2.21. The van der Waals surface area contributed by atoms with Crippen LogP contribution in [0.25, 0.3) is 11.0 Å². The number of ether oxygens (including phenoxy) is 2. The molecule has 0 saturated heterocycles. The Kier molecular flexibility index (Phi) is 15.2. The van der Waals surface area contributed by atoms with Crippen molar-refractivity contribution < 1.29 is 33.4 Å². The number of Topliss-reactive ketones (excluding diaryl/α,β-unsaturated/α-hetero) is 1. The Balaban J connectivity index is 0.00000442. The molecule has 0 unspecified atom stereocenters. The van der Waals surface area contributed by atoms with Gasteiger partial charge in [0.2, 0.25) is 5.91 Å². The van der Waals surface area contributed by atoms with Gasteiger partial charge in [-0.15, -0.1) is 12.8 Å². The van der Waals surface area contributed by atoms with Crippen LogP contribution in [0.2, 0.25) is 0 Å². The number of carbonyl (C=O) groups is 5. The van der Waals surface area contributed by atoms with E-state index in [2.05, 4.69) is 33.4 Å². The largest absolute Gasteiger partial charge is 0.444 e. The SMILES string of the molecule is C#C.CCCN(CC(=O)Nc1cccc(C(=O)NCC(=O)c2ccc3nc(CN(CCC)C(=O)OC(C)(C)C)[nH]c3c2)c1C)C(=O)OC(C)(C)C. The number of ketones is 1. The highest BCUT2D eigenvalue weighted by Gasteiger charge is 2.25. The second-order valence-electron chi connectivity index (χ2n) is 13.9. The monoisotopic (exact) mass is 704 g/mol. The molecule has 51 heavy (non-hydrogen) atoms. The van der Waals surface area contributed by atoms with Crippen molar-refractivity contribution in [3.8, 4) is 12.8 Å². The minimum Gasteiger partial charge on any atom is -0.444 e. The van der Waals surface area contributed by atoms with Crippen molar-refractivity contribution in [3.05, 3.63) is 58.9 Å². The number of aromatic amines is 1. The maximum atomic E-state index is 13.1. The smallest absolute Gasteiger partial charge is 0.410 e. The van der Waals surface area contributed by atoms with Gasteiger partial charge in [0.1, 0.15) is 23.6 Å². The lowest BCUT2D eigenvalue weighted by molar-refractivity contribution is -0.117. The highest BCUT2D eigenvalue weighted by atomic mass is 16.6. The summed E-state index contributed by atoms with van der Waals surface area (Å²) >= 11 is 0. The lowest BCUT2D eigenvalue weighted by atomic mass is 10.1. The van der Waals surface area contributed by atoms with Gasteiger partial charge in [0.25, 0.3) is 5.91 Å². The third-order valence-electron chi connectivity index (χ3n) is 7.08. The van der Waals surface area contributed by atoms with Crippen LogP contribution in [0.4, 0.5) is 15.3 Å². The number of anilines is 1. The number of benzene rings is 2.